The molecule has 0 amide bonds. The van der Waals surface area contributed by atoms with E-state index in [9.17, 15) is 4.79 Å². The Hall–Kier alpha value is -1.16. The molecule has 0 saturated carbocycles. The highest BCUT2D eigenvalue weighted by Crippen LogP contribution is 2.17. The lowest BCUT2D eigenvalue weighted by Gasteiger charge is -2.02. The molecule has 1 aromatic rings. The Kier molecular flexibility index (Phi) is 2.60. The first kappa shape index (κ1) is 8.93. The molecular weight excluding hydrogens is 174 g/mol. The second-order valence-corrected chi connectivity index (χ2v) is 2.94. The highest BCUT2D eigenvalue weighted by molar-refractivity contribution is 7.80. The Morgan fingerprint density at radius 1 is 1.58 bits per heavy atom. The van der Waals surface area contributed by atoms with Crippen LogP contribution in [0.5, 0.6) is 0 Å². The lowest BCUT2D eigenvalue weighted by molar-refractivity contribution is -0.136. The number of carboxylic acids is 1. The van der Waals surface area contributed by atoms with Gasteiger partial charge in [-0.2, -0.15) is 0 Å². The number of thiol groups is 1. The minimum atomic E-state index is -0.866. The molecule has 0 fully saturated rings. The number of hydrogen-bond donors (Lipinski definition) is 3. The Morgan fingerprint density at radius 2 is 2.25 bits per heavy atom. The summed E-state index contributed by atoms with van der Waals surface area (Å²) in [6, 6.07) is 4.98. The number of carbonyl (C=O) groups is 1. The minimum Gasteiger partial charge on any atom is -0.481 e. The summed E-state index contributed by atoms with van der Waals surface area (Å²) in [6.45, 7) is 0. The van der Waals surface area contributed by atoms with Gasteiger partial charge in [-0.05, 0) is 17.7 Å². The van der Waals surface area contributed by atoms with Gasteiger partial charge >= 0.3 is 5.97 Å². The van der Waals surface area contributed by atoms with Gasteiger partial charge < -0.3 is 10.8 Å². The van der Waals surface area contributed by atoms with Gasteiger partial charge in [0, 0.05) is 10.6 Å². The van der Waals surface area contributed by atoms with E-state index in [2.05, 4.69) is 12.6 Å². The summed E-state index contributed by atoms with van der Waals surface area (Å²) >= 11 is 4.10. The smallest absolute Gasteiger partial charge is 0.307 e. The molecule has 1 aromatic carbocycles. The average Bonchev–Trinajstić information content (AvgIpc) is 1.94. The van der Waals surface area contributed by atoms with Crippen LogP contribution in [0.4, 0.5) is 5.69 Å². The van der Waals surface area contributed by atoms with Crippen LogP contribution in [-0.4, -0.2) is 11.1 Å². The molecular formula is C8H9NO2S. The number of aliphatic carboxylic acids is 1. The molecule has 0 aliphatic carbocycles. The molecule has 0 aliphatic heterocycles. The summed E-state index contributed by atoms with van der Waals surface area (Å²) in [6.07, 6.45) is -0.0148. The van der Waals surface area contributed by atoms with Crippen molar-refractivity contribution in [3.63, 3.8) is 0 Å². The van der Waals surface area contributed by atoms with E-state index in [0.29, 0.717) is 16.1 Å². The van der Waals surface area contributed by atoms with Gasteiger partial charge in [0.1, 0.15) is 0 Å². The molecule has 0 heterocycles. The summed E-state index contributed by atoms with van der Waals surface area (Å²) in [7, 11) is 0. The normalized spacial score (nSPS) is 9.75. The monoisotopic (exact) mass is 183 g/mol. The number of nitrogens with two attached hydrogens (primary N) is 1. The fraction of sp³-hybridized carbons (Fsp3) is 0.125. The first-order chi connectivity index (χ1) is 5.59. The van der Waals surface area contributed by atoms with Crippen LogP contribution in [0.25, 0.3) is 0 Å². The quantitative estimate of drug-likeness (QED) is 0.476. The van der Waals surface area contributed by atoms with Gasteiger partial charge in [0.25, 0.3) is 0 Å². The zero-order valence-corrected chi connectivity index (χ0v) is 7.21. The second-order valence-electron chi connectivity index (χ2n) is 2.46. The third-order valence-corrected chi connectivity index (χ3v) is 1.87. The summed E-state index contributed by atoms with van der Waals surface area (Å²) in [4.78, 5) is 11.0. The number of rotatable bonds is 2. The van der Waals surface area contributed by atoms with E-state index in [-0.39, 0.29) is 6.42 Å². The van der Waals surface area contributed by atoms with Gasteiger partial charge in [0.05, 0.1) is 6.42 Å². The van der Waals surface area contributed by atoms with E-state index < -0.39 is 5.97 Å². The molecule has 1 rings (SSSR count). The number of carboxylic acid groups (broad SMARTS) is 1. The Balaban J connectivity index is 2.93. The molecule has 0 atom stereocenters. The van der Waals surface area contributed by atoms with Gasteiger partial charge in [-0.25, -0.2) is 0 Å². The van der Waals surface area contributed by atoms with Crippen LogP contribution in [-0.2, 0) is 11.2 Å². The predicted molar refractivity (Wildman–Crippen MR) is 49.4 cm³/mol. The highest BCUT2D eigenvalue weighted by atomic mass is 32.1. The Bertz CT molecular complexity index is 312. The van der Waals surface area contributed by atoms with Crippen LogP contribution in [0.15, 0.2) is 23.1 Å². The fourth-order valence-electron chi connectivity index (χ4n) is 0.893. The average molecular weight is 183 g/mol. The van der Waals surface area contributed by atoms with Crippen molar-refractivity contribution < 1.29 is 9.90 Å². The van der Waals surface area contributed by atoms with Gasteiger partial charge in [-0.15, -0.1) is 12.6 Å². The van der Waals surface area contributed by atoms with Crippen LogP contribution < -0.4 is 5.73 Å². The minimum absolute atomic E-state index is 0.0148. The molecule has 12 heavy (non-hydrogen) atoms. The molecule has 0 bridgehead atoms. The van der Waals surface area contributed by atoms with E-state index in [1.165, 1.54) is 0 Å². The molecule has 64 valence electrons. The van der Waals surface area contributed by atoms with Crippen molar-refractivity contribution >= 4 is 24.3 Å². The lowest BCUT2D eigenvalue weighted by Crippen LogP contribution is -2.01. The first-order valence-corrected chi connectivity index (χ1v) is 3.83. The topological polar surface area (TPSA) is 63.3 Å². The number of nitrogen functional groups attached to an aromatic ring is 1. The van der Waals surface area contributed by atoms with Gasteiger partial charge in [-0.3, -0.25) is 4.79 Å². The van der Waals surface area contributed by atoms with Gasteiger partial charge in [0.2, 0.25) is 0 Å². The van der Waals surface area contributed by atoms with E-state index in [1.54, 1.807) is 18.2 Å². The zero-order valence-electron chi connectivity index (χ0n) is 6.32. The highest BCUT2D eigenvalue weighted by Gasteiger charge is 2.03. The van der Waals surface area contributed by atoms with Gasteiger partial charge in [-0.1, -0.05) is 6.07 Å². The van der Waals surface area contributed by atoms with Crippen molar-refractivity contribution in [1.29, 1.82) is 0 Å². The van der Waals surface area contributed by atoms with Crippen LogP contribution in [0.2, 0.25) is 0 Å². The molecule has 0 saturated heterocycles. The molecule has 0 aromatic heterocycles. The van der Waals surface area contributed by atoms with Crippen molar-refractivity contribution in [2.24, 2.45) is 0 Å². The number of anilines is 1. The van der Waals surface area contributed by atoms with Crippen LogP contribution in [0.1, 0.15) is 5.56 Å². The molecule has 0 radical (unpaired) electrons. The number of benzene rings is 1. The molecule has 3 nitrogen and oxygen atoms in total. The van der Waals surface area contributed by atoms with Crippen LogP contribution in [0, 0.1) is 0 Å². The molecule has 0 spiro atoms. The van der Waals surface area contributed by atoms with Crippen molar-refractivity contribution in [1.82, 2.24) is 0 Å². The number of hydrogen-bond acceptors (Lipinski definition) is 3. The summed E-state index contributed by atoms with van der Waals surface area (Å²) in [5, 5.41) is 8.50. The third-order valence-electron chi connectivity index (χ3n) is 1.45. The predicted octanol–water partition coefficient (Wildman–Crippen LogP) is 1.18. The maximum absolute atomic E-state index is 10.3. The van der Waals surface area contributed by atoms with E-state index >= 15 is 0 Å². The standard InChI is InChI=1S/C8H9NO2S/c9-6-2-1-5(3-8(10)11)7(12)4-6/h1-2,4,12H,3,9H2,(H,10,11). The molecule has 3 N–H and O–H groups in total. The first-order valence-electron chi connectivity index (χ1n) is 3.39. The lowest BCUT2D eigenvalue weighted by atomic mass is 10.1. The Labute approximate surface area is 75.6 Å². The van der Waals surface area contributed by atoms with Crippen molar-refractivity contribution in [2.75, 3.05) is 5.73 Å². The third kappa shape index (κ3) is 2.17. The van der Waals surface area contributed by atoms with Gasteiger partial charge in [0.15, 0.2) is 0 Å². The Morgan fingerprint density at radius 3 is 2.75 bits per heavy atom. The fourth-order valence-corrected chi connectivity index (χ4v) is 1.20. The SMILES string of the molecule is Nc1ccc(CC(=O)O)c(S)c1. The zero-order chi connectivity index (χ0) is 9.14. The maximum atomic E-state index is 10.3. The van der Waals surface area contributed by atoms with E-state index in [4.69, 9.17) is 10.8 Å². The van der Waals surface area contributed by atoms with E-state index in [1.807, 2.05) is 0 Å². The summed E-state index contributed by atoms with van der Waals surface area (Å²) < 4.78 is 0. The molecule has 0 aliphatic rings. The second kappa shape index (κ2) is 3.49. The maximum Gasteiger partial charge on any atom is 0.307 e. The molecule has 0 unspecified atom stereocenters. The van der Waals surface area contributed by atoms with Crippen LogP contribution in [0.3, 0.4) is 0 Å². The summed E-state index contributed by atoms with van der Waals surface area (Å²) in [5.74, 6) is -0.866. The van der Waals surface area contributed by atoms with Crippen molar-refractivity contribution in [3.05, 3.63) is 23.8 Å². The van der Waals surface area contributed by atoms with Crippen LogP contribution >= 0.6 is 12.6 Å². The summed E-state index contributed by atoms with van der Waals surface area (Å²) in [5.41, 5.74) is 6.73. The van der Waals surface area contributed by atoms with Crippen molar-refractivity contribution in [2.45, 2.75) is 11.3 Å². The van der Waals surface area contributed by atoms with E-state index in [0.717, 1.165) is 0 Å². The van der Waals surface area contributed by atoms with Crippen molar-refractivity contribution in [3.8, 4) is 0 Å². The molecule has 4 heteroatoms. The largest absolute Gasteiger partial charge is 0.481 e.